The van der Waals surface area contributed by atoms with Crippen LogP contribution in [0.3, 0.4) is 0 Å². The second-order valence-corrected chi connectivity index (χ2v) is 2.96. The van der Waals surface area contributed by atoms with Crippen LogP contribution in [0.5, 0.6) is 0 Å². The molecule has 0 N–H and O–H groups in total. The first-order chi connectivity index (χ1) is 5.91. The molecule has 0 aromatic rings. The highest BCUT2D eigenvalue weighted by Gasteiger charge is 2.40. The van der Waals surface area contributed by atoms with E-state index in [9.17, 15) is 0 Å². The molecule has 0 atom stereocenters. The van der Waals surface area contributed by atoms with E-state index < -0.39 is 5.79 Å². The minimum absolute atomic E-state index is 0.0884. The first-order valence-electron chi connectivity index (χ1n) is 4.10. The standard InChI is InChI=1S/C7H12O5/c1-2-4-7(3-1)11-9-5-8-6-10-12-7/h1-6H2. The van der Waals surface area contributed by atoms with Crippen LogP contribution in [-0.2, 0) is 24.3 Å². The molecule has 0 aromatic carbocycles. The van der Waals surface area contributed by atoms with Crippen LogP contribution in [0.1, 0.15) is 25.7 Å². The number of rotatable bonds is 0. The van der Waals surface area contributed by atoms with Crippen molar-refractivity contribution >= 4 is 0 Å². The van der Waals surface area contributed by atoms with Gasteiger partial charge in [-0.25, -0.2) is 9.78 Å². The van der Waals surface area contributed by atoms with Crippen molar-refractivity contribution < 1.29 is 24.3 Å². The molecule has 2 fully saturated rings. The van der Waals surface area contributed by atoms with E-state index in [4.69, 9.17) is 24.3 Å². The van der Waals surface area contributed by atoms with Crippen LogP contribution in [0.25, 0.3) is 0 Å². The average molecular weight is 176 g/mol. The molecule has 5 nitrogen and oxygen atoms in total. The average Bonchev–Trinajstić information content (AvgIpc) is 2.47. The summed E-state index contributed by atoms with van der Waals surface area (Å²) in [7, 11) is 0. The van der Waals surface area contributed by atoms with E-state index >= 15 is 0 Å². The largest absolute Gasteiger partial charge is 0.323 e. The summed E-state index contributed by atoms with van der Waals surface area (Å²) in [5.41, 5.74) is 0. The Kier molecular flexibility index (Phi) is 2.57. The molecule has 1 aliphatic heterocycles. The first-order valence-corrected chi connectivity index (χ1v) is 4.10. The Hall–Kier alpha value is -0.200. The number of ether oxygens (including phenoxy) is 1. The van der Waals surface area contributed by atoms with Crippen LogP contribution in [0.15, 0.2) is 0 Å². The maximum Gasteiger partial charge on any atom is 0.234 e. The van der Waals surface area contributed by atoms with Crippen molar-refractivity contribution in [2.24, 2.45) is 0 Å². The molecule has 1 saturated heterocycles. The van der Waals surface area contributed by atoms with E-state index in [1.54, 1.807) is 0 Å². The molecule has 1 saturated carbocycles. The lowest BCUT2D eigenvalue weighted by atomic mass is 10.2. The van der Waals surface area contributed by atoms with Crippen LogP contribution in [0.4, 0.5) is 0 Å². The Bertz CT molecular complexity index is 133. The van der Waals surface area contributed by atoms with Gasteiger partial charge in [-0.3, -0.25) is 0 Å². The van der Waals surface area contributed by atoms with E-state index in [2.05, 4.69) is 0 Å². The maximum absolute atomic E-state index is 5.06. The molecule has 5 heteroatoms. The van der Waals surface area contributed by atoms with Crippen molar-refractivity contribution in [1.82, 2.24) is 0 Å². The molecule has 0 unspecified atom stereocenters. The lowest BCUT2D eigenvalue weighted by Crippen LogP contribution is -2.35. The highest BCUT2D eigenvalue weighted by molar-refractivity contribution is 4.74. The minimum Gasteiger partial charge on any atom is -0.323 e. The van der Waals surface area contributed by atoms with Crippen molar-refractivity contribution in [1.29, 1.82) is 0 Å². The van der Waals surface area contributed by atoms with E-state index in [1.807, 2.05) is 0 Å². The van der Waals surface area contributed by atoms with Gasteiger partial charge in [-0.2, -0.15) is 9.78 Å². The van der Waals surface area contributed by atoms with Gasteiger partial charge in [0.1, 0.15) is 0 Å². The fourth-order valence-corrected chi connectivity index (χ4v) is 1.46. The van der Waals surface area contributed by atoms with Gasteiger partial charge in [-0.05, 0) is 12.8 Å². The van der Waals surface area contributed by atoms with Gasteiger partial charge in [0.15, 0.2) is 13.6 Å². The summed E-state index contributed by atoms with van der Waals surface area (Å²) in [5.74, 6) is -0.677. The quantitative estimate of drug-likeness (QED) is 0.517. The topological polar surface area (TPSA) is 46.2 Å². The monoisotopic (exact) mass is 176 g/mol. The van der Waals surface area contributed by atoms with Gasteiger partial charge in [0.25, 0.3) is 0 Å². The van der Waals surface area contributed by atoms with Gasteiger partial charge in [0.2, 0.25) is 5.79 Å². The summed E-state index contributed by atoms with van der Waals surface area (Å²) in [6.07, 6.45) is 3.78. The van der Waals surface area contributed by atoms with Gasteiger partial charge in [0, 0.05) is 12.8 Å². The van der Waals surface area contributed by atoms with Gasteiger partial charge >= 0.3 is 0 Å². The summed E-state index contributed by atoms with van der Waals surface area (Å²) < 4.78 is 4.78. The second-order valence-electron chi connectivity index (χ2n) is 2.96. The molecule has 1 aliphatic carbocycles. The Morgan fingerprint density at radius 3 is 2.00 bits per heavy atom. The summed E-state index contributed by atoms with van der Waals surface area (Å²) in [4.78, 5) is 19.7. The summed E-state index contributed by atoms with van der Waals surface area (Å²) in [6.45, 7) is 0.177. The normalized spacial score (nSPS) is 30.0. The molecule has 1 heterocycles. The summed E-state index contributed by atoms with van der Waals surface area (Å²) in [6, 6.07) is 0. The van der Waals surface area contributed by atoms with Crippen LogP contribution in [0.2, 0.25) is 0 Å². The first kappa shape index (κ1) is 8.40. The van der Waals surface area contributed by atoms with Gasteiger partial charge in [-0.15, -0.1) is 0 Å². The Morgan fingerprint density at radius 1 is 0.833 bits per heavy atom. The van der Waals surface area contributed by atoms with E-state index in [0.717, 1.165) is 25.7 Å². The lowest BCUT2D eigenvalue weighted by Gasteiger charge is -2.27. The smallest absolute Gasteiger partial charge is 0.234 e. The number of hydrogen-bond donors (Lipinski definition) is 0. The molecule has 0 bridgehead atoms. The number of hydrogen-bond acceptors (Lipinski definition) is 5. The van der Waals surface area contributed by atoms with Crippen molar-refractivity contribution in [3.63, 3.8) is 0 Å². The Labute approximate surface area is 70.3 Å². The molecule has 2 rings (SSSR count). The molecule has 12 heavy (non-hydrogen) atoms. The van der Waals surface area contributed by atoms with Crippen molar-refractivity contribution in [3.05, 3.63) is 0 Å². The lowest BCUT2D eigenvalue weighted by molar-refractivity contribution is -0.553. The van der Waals surface area contributed by atoms with Crippen LogP contribution in [-0.4, -0.2) is 19.4 Å². The van der Waals surface area contributed by atoms with Crippen molar-refractivity contribution in [2.75, 3.05) is 13.6 Å². The van der Waals surface area contributed by atoms with Crippen molar-refractivity contribution in [3.8, 4) is 0 Å². The third-order valence-electron chi connectivity index (χ3n) is 2.05. The molecule has 1 spiro atoms. The molecular weight excluding hydrogens is 164 g/mol. The molecule has 0 radical (unpaired) electrons. The predicted octanol–water partition coefficient (Wildman–Crippen LogP) is 1.10. The zero-order chi connectivity index (χ0) is 8.28. The third-order valence-corrected chi connectivity index (χ3v) is 2.05. The van der Waals surface area contributed by atoms with Crippen LogP contribution >= 0.6 is 0 Å². The van der Waals surface area contributed by atoms with Gasteiger partial charge in [0.05, 0.1) is 0 Å². The van der Waals surface area contributed by atoms with E-state index in [-0.39, 0.29) is 13.6 Å². The minimum atomic E-state index is -0.677. The Morgan fingerprint density at radius 2 is 1.42 bits per heavy atom. The molecule has 0 aromatic heterocycles. The fraction of sp³-hybridized carbons (Fsp3) is 1.00. The molecule has 2 aliphatic rings. The molecular formula is C7H12O5. The van der Waals surface area contributed by atoms with Crippen LogP contribution in [0, 0.1) is 0 Å². The van der Waals surface area contributed by atoms with E-state index in [0.29, 0.717) is 0 Å². The predicted molar refractivity (Wildman–Crippen MR) is 36.4 cm³/mol. The third kappa shape index (κ3) is 1.75. The Balaban J connectivity index is 1.92. The zero-order valence-electron chi connectivity index (χ0n) is 6.78. The van der Waals surface area contributed by atoms with Crippen LogP contribution < -0.4 is 0 Å². The maximum atomic E-state index is 5.06. The van der Waals surface area contributed by atoms with Gasteiger partial charge < -0.3 is 4.74 Å². The molecule has 0 amide bonds. The van der Waals surface area contributed by atoms with Crippen molar-refractivity contribution in [2.45, 2.75) is 31.5 Å². The zero-order valence-corrected chi connectivity index (χ0v) is 6.78. The fourth-order valence-electron chi connectivity index (χ4n) is 1.46. The van der Waals surface area contributed by atoms with Gasteiger partial charge in [-0.1, -0.05) is 0 Å². The highest BCUT2D eigenvalue weighted by Crippen LogP contribution is 2.35. The summed E-state index contributed by atoms with van der Waals surface area (Å²) >= 11 is 0. The SMILES string of the molecule is C1CCC2(C1)OOCOCOO2. The summed E-state index contributed by atoms with van der Waals surface area (Å²) in [5, 5.41) is 0. The highest BCUT2D eigenvalue weighted by atomic mass is 17.3. The van der Waals surface area contributed by atoms with E-state index in [1.165, 1.54) is 0 Å². The second kappa shape index (κ2) is 3.68. The molecule has 70 valence electrons.